The minimum absolute atomic E-state index is 0.0565. The first kappa shape index (κ1) is 17.9. The summed E-state index contributed by atoms with van der Waals surface area (Å²) in [6.45, 7) is 6.70. The lowest BCUT2D eigenvalue weighted by Gasteiger charge is -2.32. The zero-order chi connectivity index (χ0) is 15.7. The highest BCUT2D eigenvalue weighted by Crippen LogP contribution is 2.33. The molecule has 1 aromatic rings. The van der Waals surface area contributed by atoms with Crippen LogP contribution in [0.25, 0.3) is 0 Å². The number of ether oxygens (including phenoxy) is 2. The van der Waals surface area contributed by atoms with Gasteiger partial charge in [-0.3, -0.25) is 0 Å². The lowest BCUT2D eigenvalue weighted by atomic mass is 9.76. The van der Waals surface area contributed by atoms with Crippen molar-refractivity contribution >= 4 is 0 Å². The molecule has 0 saturated heterocycles. The Hall–Kier alpha value is -1.13. The van der Waals surface area contributed by atoms with Gasteiger partial charge in [-0.2, -0.15) is 0 Å². The van der Waals surface area contributed by atoms with Crippen molar-refractivity contribution in [2.45, 2.75) is 33.1 Å². The Kier molecular flexibility index (Phi) is 7.68. The predicted octanol–water partition coefficient (Wildman–Crippen LogP) is 3.42. The molecule has 0 spiro atoms. The molecule has 0 aliphatic carbocycles. The van der Waals surface area contributed by atoms with Crippen molar-refractivity contribution in [2.24, 2.45) is 5.41 Å². The Morgan fingerprint density at radius 2 is 1.90 bits per heavy atom. The summed E-state index contributed by atoms with van der Waals surface area (Å²) < 4.78 is 24.5. The van der Waals surface area contributed by atoms with Crippen molar-refractivity contribution in [1.82, 2.24) is 5.32 Å². The van der Waals surface area contributed by atoms with Crippen molar-refractivity contribution in [2.75, 3.05) is 33.9 Å². The van der Waals surface area contributed by atoms with Gasteiger partial charge in [-0.1, -0.05) is 26.0 Å². The van der Waals surface area contributed by atoms with Crippen molar-refractivity contribution < 1.29 is 13.9 Å². The highest BCUT2D eigenvalue weighted by atomic mass is 19.1. The normalized spacial score (nSPS) is 11.7. The first-order chi connectivity index (χ1) is 10.1. The molecule has 0 aliphatic rings. The van der Waals surface area contributed by atoms with Gasteiger partial charge in [0.25, 0.3) is 0 Å². The molecular weight excluding hydrogens is 269 g/mol. The lowest BCUT2D eigenvalue weighted by molar-refractivity contribution is 0.185. The maximum absolute atomic E-state index is 14.4. The van der Waals surface area contributed by atoms with Gasteiger partial charge in [-0.15, -0.1) is 0 Å². The first-order valence-electron chi connectivity index (χ1n) is 7.63. The smallest absolute Gasteiger partial charge is 0.168 e. The summed E-state index contributed by atoms with van der Waals surface area (Å²) in [4.78, 5) is 0. The molecule has 0 aliphatic heterocycles. The van der Waals surface area contributed by atoms with E-state index in [-0.39, 0.29) is 11.2 Å². The van der Waals surface area contributed by atoms with E-state index < -0.39 is 0 Å². The lowest BCUT2D eigenvalue weighted by Crippen LogP contribution is -2.37. The van der Waals surface area contributed by atoms with Crippen LogP contribution in [0.5, 0.6) is 5.75 Å². The van der Waals surface area contributed by atoms with Crippen molar-refractivity contribution in [1.29, 1.82) is 0 Å². The molecule has 0 radical (unpaired) electrons. The fourth-order valence-corrected chi connectivity index (χ4v) is 2.59. The number of hydrogen-bond acceptors (Lipinski definition) is 3. The first-order valence-corrected chi connectivity index (χ1v) is 7.63. The van der Waals surface area contributed by atoms with Crippen LogP contribution in [0.2, 0.25) is 0 Å². The van der Waals surface area contributed by atoms with Gasteiger partial charge in [0.2, 0.25) is 0 Å². The van der Waals surface area contributed by atoms with Crippen LogP contribution in [0, 0.1) is 11.2 Å². The average molecular weight is 297 g/mol. The third-order valence-corrected chi connectivity index (χ3v) is 4.31. The fraction of sp³-hybridized carbons (Fsp3) is 0.647. The molecule has 0 amide bonds. The minimum Gasteiger partial charge on any atom is -0.494 e. The quantitative estimate of drug-likeness (QED) is 0.671. The molecule has 21 heavy (non-hydrogen) atoms. The van der Waals surface area contributed by atoms with Crippen LogP contribution in [0.15, 0.2) is 18.2 Å². The molecule has 0 unspecified atom stereocenters. The molecule has 1 N–H and O–H groups in total. The van der Waals surface area contributed by atoms with Crippen LogP contribution in [0.3, 0.4) is 0 Å². The molecule has 0 bridgehead atoms. The van der Waals surface area contributed by atoms with Gasteiger partial charge in [-0.05, 0) is 36.3 Å². The average Bonchev–Trinajstić information content (AvgIpc) is 2.52. The minimum atomic E-state index is -0.233. The van der Waals surface area contributed by atoms with E-state index in [1.165, 1.54) is 7.11 Å². The van der Waals surface area contributed by atoms with Crippen molar-refractivity contribution in [3.63, 3.8) is 0 Å². The summed E-state index contributed by atoms with van der Waals surface area (Å²) in [5.74, 6) is 0.0871. The summed E-state index contributed by atoms with van der Waals surface area (Å²) >= 11 is 0. The zero-order valence-electron chi connectivity index (χ0n) is 13.7. The van der Waals surface area contributed by atoms with Gasteiger partial charge < -0.3 is 14.8 Å². The van der Waals surface area contributed by atoms with E-state index in [9.17, 15) is 4.39 Å². The summed E-state index contributed by atoms with van der Waals surface area (Å²) in [5, 5.41) is 3.42. The standard InChI is InChI=1S/C17H28FNO2/c1-5-17(6-2,13-19-10-11-20-3)12-14-8-7-9-15(21-4)16(14)18/h7-9,19H,5-6,10-13H2,1-4H3. The monoisotopic (exact) mass is 297 g/mol. The third kappa shape index (κ3) is 4.97. The Morgan fingerprint density at radius 1 is 1.19 bits per heavy atom. The van der Waals surface area contributed by atoms with Crippen LogP contribution < -0.4 is 10.1 Å². The summed E-state index contributed by atoms with van der Waals surface area (Å²) in [6, 6.07) is 5.37. The van der Waals surface area contributed by atoms with Crippen molar-refractivity contribution in [3.8, 4) is 5.75 Å². The maximum atomic E-state index is 14.4. The number of hydrogen-bond donors (Lipinski definition) is 1. The van der Waals surface area contributed by atoms with Crippen LogP contribution >= 0.6 is 0 Å². The highest BCUT2D eigenvalue weighted by Gasteiger charge is 2.28. The topological polar surface area (TPSA) is 30.5 Å². The number of methoxy groups -OCH3 is 2. The second kappa shape index (κ2) is 9.00. The van der Waals surface area contributed by atoms with E-state index in [1.807, 2.05) is 12.1 Å². The molecule has 0 aromatic heterocycles. The van der Waals surface area contributed by atoms with Crippen LogP contribution in [0.1, 0.15) is 32.3 Å². The van der Waals surface area contributed by atoms with Crippen molar-refractivity contribution in [3.05, 3.63) is 29.6 Å². The van der Waals surface area contributed by atoms with Gasteiger partial charge in [0, 0.05) is 20.2 Å². The zero-order valence-corrected chi connectivity index (χ0v) is 13.7. The number of halogens is 1. The van der Waals surface area contributed by atoms with E-state index in [0.29, 0.717) is 18.8 Å². The molecule has 0 atom stereocenters. The molecule has 120 valence electrons. The van der Waals surface area contributed by atoms with Gasteiger partial charge >= 0.3 is 0 Å². The molecule has 0 fully saturated rings. The van der Waals surface area contributed by atoms with Gasteiger partial charge in [-0.25, -0.2) is 4.39 Å². The second-order valence-corrected chi connectivity index (χ2v) is 5.49. The summed E-state index contributed by atoms with van der Waals surface area (Å²) in [5.41, 5.74) is 0.785. The number of nitrogens with one attached hydrogen (secondary N) is 1. The second-order valence-electron chi connectivity index (χ2n) is 5.49. The van der Waals surface area contributed by atoms with Crippen LogP contribution in [0.4, 0.5) is 4.39 Å². The molecule has 3 nitrogen and oxygen atoms in total. The number of benzene rings is 1. The maximum Gasteiger partial charge on any atom is 0.168 e. The number of rotatable bonds is 10. The molecule has 0 saturated carbocycles. The van der Waals surface area contributed by atoms with E-state index in [2.05, 4.69) is 19.2 Å². The largest absolute Gasteiger partial charge is 0.494 e. The Balaban J connectivity index is 2.82. The predicted molar refractivity (Wildman–Crippen MR) is 84.4 cm³/mol. The van der Waals surface area contributed by atoms with Gasteiger partial charge in [0.05, 0.1) is 13.7 Å². The van der Waals surface area contributed by atoms with E-state index in [0.717, 1.165) is 31.5 Å². The van der Waals surface area contributed by atoms with E-state index in [1.54, 1.807) is 13.2 Å². The summed E-state index contributed by atoms with van der Waals surface area (Å²) in [7, 11) is 3.20. The molecule has 1 rings (SSSR count). The van der Waals surface area contributed by atoms with Crippen LogP contribution in [-0.2, 0) is 11.2 Å². The Labute approximate surface area is 127 Å². The van der Waals surface area contributed by atoms with E-state index >= 15 is 0 Å². The molecule has 0 heterocycles. The van der Waals surface area contributed by atoms with Gasteiger partial charge in [0.1, 0.15) is 0 Å². The molecule has 1 aromatic carbocycles. The molecule has 4 heteroatoms. The Bertz CT molecular complexity index is 419. The third-order valence-electron chi connectivity index (χ3n) is 4.31. The Morgan fingerprint density at radius 3 is 2.48 bits per heavy atom. The van der Waals surface area contributed by atoms with E-state index in [4.69, 9.17) is 9.47 Å². The SMILES string of the molecule is CCC(CC)(CNCCOC)Cc1cccc(OC)c1F. The molecular formula is C17H28FNO2. The van der Waals surface area contributed by atoms with Crippen LogP contribution in [-0.4, -0.2) is 33.9 Å². The fourth-order valence-electron chi connectivity index (χ4n) is 2.59. The highest BCUT2D eigenvalue weighted by molar-refractivity contribution is 5.31. The van der Waals surface area contributed by atoms with Gasteiger partial charge in [0.15, 0.2) is 11.6 Å². The summed E-state index contributed by atoms with van der Waals surface area (Å²) in [6.07, 6.45) is 2.71.